The molecule has 0 aliphatic rings. The molecule has 1 N–H and O–H groups in total. The van der Waals surface area contributed by atoms with Crippen molar-refractivity contribution in [3.63, 3.8) is 0 Å². The van der Waals surface area contributed by atoms with E-state index in [1.807, 2.05) is 68.4 Å². The third kappa shape index (κ3) is 6.13. The van der Waals surface area contributed by atoms with Crippen molar-refractivity contribution in [2.45, 2.75) is 31.3 Å². The predicted octanol–water partition coefficient (Wildman–Crippen LogP) is 5.05. The second-order valence-corrected chi connectivity index (χ2v) is 10.0. The number of amides is 1. The van der Waals surface area contributed by atoms with Crippen molar-refractivity contribution < 1.29 is 17.9 Å². The second kappa shape index (κ2) is 10.8. The molecule has 0 fully saturated rings. The largest absolute Gasteiger partial charge is 0.494 e. The van der Waals surface area contributed by atoms with Gasteiger partial charge in [-0.15, -0.1) is 0 Å². The summed E-state index contributed by atoms with van der Waals surface area (Å²) in [5, 5.41) is 3.06. The van der Waals surface area contributed by atoms with Gasteiger partial charge in [0.25, 0.3) is 5.91 Å². The summed E-state index contributed by atoms with van der Waals surface area (Å²) >= 11 is 6.25. The average molecular weight is 487 g/mol. The van der Waals surface area contributed by atoms with E-state index in [-0.39, 0.29) is 28.1 Å². The molecule has 0 heterocycles. The van der Waals surface area contributed by atoms with Gasteiger partial charge in [-0.25, -0.2) is 8.42 Å². The van der Waals surface area contributed by atoms with Gasteiger partial charge in [0.2, 0.25) is 10.0 Å². The third-order valence-electron chi connectivity index (χ3n) is 5.18. The maximum Gasteiger partial charge on any atom is 0.253 e. The lowest BCUT2D eigenvalue weighted by molar-refractivity contribution is 0.0940. The fourth-order valence-corrected chi connectivity index (χ4v) is 4.71. The number of hydrogen-bond acceptors (Lipinski definition) is 4. The number of rotatable bonds is 9. The third-order valence-corrected chi connectivity index (χ3v) is 7.31. The molecule has 1 amide bonds. The van der Waals surface area contributed by atoms with Gasteiger partial charge in [0.15, 0.2) is 0 Å². The van der Waals surface area contributed by atoms with Crippen LogP contribution in [0.25, 0.3) is 0 Å². The van der Waals surface area contributed by atoms with Crippen LogP contribution in [0.3, 0.4) is 0 Å². The molecule has 0 bridgehead atoms. The van der Waals surface area contributed by atoms with Crippen LogP contribution in [-0.2, 0) is 16.6 Å². The Kier molecular flexibility index (Phi) is 8.13. The fourth-order valence-electron chi connectivity index (χ4n) is 3.32. The quantitative estimate of drug-likeness (QED) is 0.459. The van der Waals surface area contributed by atoms with E-state index in [4.69, 9.17) is 16.3 Å². The van der Waals surface area contributed by atoms with Crippen LogP contribution in [0.15, 0.2) is 77.7 Å². The lowest BCUT2D eigenvalue weighted by Gasteiger charge is -2.19. The van der Waals surface area contributed by atoms with Gasteiger partial charge in [-0.2, -0.15) is 4.31 Å². The van der Waals surface area contributed by atoms with Crippen LogP contribution in [0, 0.1) is 0 Å². The molecule has 0 aromatic heterocycles. The minimum absolute atomic E-state index is 0.00389. The lowest BCUT2D eigenvalue weighted by atomic mass is 10.1. The first kappa shape index (κ1) is 24.8. The lowest BCUT2D eigenvalue weighted by Crippen LogP contribution is -2.29. The van der Waals surface area contributed by atoms with E-state index in [1.54, 1.807) is 0 Å². The summed E-state index contributed by atoms with van der Waals surface area (Å²) in [6.45, 7) is 4.54. The Morgan fingerprint density at radius 3 is 2.36 bits per heavy atom. The molecule has 3 rings (SSSR count). The molecule has 0 spiro atoms. The van der Waals surface area contributed by atoms with Crippen LogP contribution in [0.1, 0.15) is 41.4 Å². The predicted molar refractivity (Wildman–Crippen MR) is 130 cm³/mol. The Balaban J connectivity index is 1.77. The molecule has 0 saturated carbocycles. The number of ether oxygens (including phenoxy) is 1. The van der Waals surface area contributed by atoms with E-state index in [1.165, 1.54) is 29.6 Å². The molecule has 33 heavy (non-hydrogen) atoms. The highest BCUT2D eigenvalue weighted by Gasteiger charge is 2.24. The molecule has 0 radical (unpaired) electrons. The summed E-state index contributed by atoms with van der Waals surface area (Å²) in [6, 6.07) is 20.6. The van der Waals surface area contributed by atoms with Crippen molar-refractivity contribution in [2.24, 2.45) is 0 Å². The zero-order chi connectivity index (χ0) is 24.0. The van der Waals surface area contributed by atoms with Crippen LogP contribution < -0.4 is 10.1 Å². The highest BCUT2D eigenvalue weighted by molar-refractivity contribution is 7.89. The minimum atomic E-state index is -3.82. The molecule has 174 valence electrons. The number of nitrogens with zero attached hydrogens (tertiary/aromatic N) is 1. The van der Waals surface area contributed by atoms with Gasteiger partial charge < -0.3 is 10.1 Å². The molecule has 3 aromatic rings. The standard InChI is InChI=1S/C25H27ClN2O4S/c1-4-32-21-12-10-20(11-13-21)18(2)27-25(29)23-16-22(14-15-24(23)26)33(30,31)28(3)17-19-8-6-5-7-9-19/h5-16,18H,4,17H2,1-3H3,(H,27,29). The zero-order valence-electron chi connectivity index (χ0n) is 18.8. The molecule has 8 heteroatoms. The molecule has 0 aliphatic carbocycles. The summed E-state index contributed by atoms with van der Waals surface area (Å²) < 4.78 is 32.9. The number of sulfonamides is 1. The summed E-state index contributed by atoms with van der Waals surface area (Å²) in [6.07, 6.45) is 0. The van der Waals surface area contributed by atoms with Crippen LogP contribution in [-0.4, -0.2) is 32.3 Å². The number of benzene rings is 3. The van der Waals surface area contributed by atoms with Gasteiger partial charge in [-0.05, 0) is 55.3 Å². The van der Waals surface area contributed by atoms with E-state index < -0.39 is 15.9 Å². The van der Waals surface area contributed by atoms with Crippen LogP contribution >= 0.6 is 11.6 Å². The number of halogens is 1. The Labute approximate surface area is 200 Å². The van der Waals surface area contributed by atoms with Crippen molar-refractivity contribution in [2.75, 3.05) is 13.7 Å². The molecular formula is C25H27ClN2O4S. The van der Waals surface area contributed by atoms with Gasteiger partial charge >= 0.3 is 0 Å². The number of carbonyl (C=O) groups is 1. The van der Waals surface area contributed by atoms with Gasteiger partial charge in [-0.3, -0.25) is 4.79 Å². The fraction of sp³-hybridized carbons (Fsp3) is 0.240. The second-order valence-electron chi connectivity index (χ2n) is 7.59. The normalized spacial score (nSPS) is 12.4. The van der Waals surface area contributed by atoms with E-state index in [0.29, 0.717) is 6.61 Å². The van der Waals surface area contributed by atoms with Crippen molar-refractivity contribution in [1.29, 1.82) is 0 Å². The van der Waals surface area contributed by atoms with Crippen molar-refractivity contribution in [1.82, 2.24) is 9.62 Å². The number of carbonyl (C=O) groups excluding carboxylic acids is 1. The summed E-state index contributed by atoms with van der Waals surface area (Å²) in [4.78, 5) is 12.9. The van der Waals surface area contributed by atoms with E-state index in [9.17, 15) is 13.2 Å². The Hall–Kier alpha value is -2.87. The van der Waals surface area contributed by atoms with Gasteiger partial charge in [0, 0.05) is 13.6 Å². The first-order valence-electron chi connectivity index (χ1n) is 10.6. The molecule has 0 aliphatic heterocycles. The monoisotopic (exact) mass is 486 g/mol. The molecule has 6 nitrogen and oxygen atoms in total. The number of nitrogens with one attached hydrogen (secondary N) is 1. The molecule has 0 saturated heterocycles. The first-order chi connectivity index (χ1) is 15.7. The molecular weight excluding hydrogens is 460 g/mol. The van der Waals surface area contributed by atoms with Gasteiger partial charge in [0.05, 0.1) is 28.1 Å². The molecule has 1 atom stereocenters. The van der Waals surface area contributed by atoms with E-state index in [2.05, 4.69) is 5.32 Å². The van der Waals surface area contributed by atoms with Gasteiger partial charge in [0.1, 0.15) is 5.75 Å². The van der Waals surface area contributed by atoms with Crippen LogP contribution in [0.4, 0.5) is 0 Å². The van der Waals surface area contributed by atoms with Crippen LogP contribution in [0.5, 0.6) is 5.75 Å². The highest BCUT2D eigenvalue weighted by atomic mass is 35.5. The maximum absolute atomic E-state index is 13.1. The Bertz CT molecular complexity index is 1200. The Morgan fingerprint density at radius 2 is 1.73 bits per heavy atom. The number of hydrogen-bond donors (Lipinski definition) is 1. The highest BCUT2D eigenvalue weighted by Crippen LogP contribution is 2.25. The molecule has 3 aromatic carbocycles. The summed E-state index contributed by atoms with van der Waals surface area (Å²) in [5.41, 5.74) is 1.85. The average Bonchev–Trinajstić information content (AvgIpc) is 2.80. The van der Waals surface area contributed by atoms with Crippen molar-refractivity contribution in [3.05, 3.63) is 94.5 Å². The van der Waals surface area contributed by atoms with Crippen molar-refractivity contribution in [3.8, 4) is 5.75 Å². The van der Waals surface area contributed by atoms with Gasteiger partial charge in [-0.1, -0.05) is 54.1 Å². The van der Waals surface area contributed by atoms with E-state index >= 15 is 0 Å². The summed E-state index contributed by atoms with van der Waals surface area (Å²) in [5.74, 6) is 0.296. The first-order valence-corrected chi connectivity index (χ1v) is 12.4. The summed E-state index contributed by atoms with van der Waals surface area (Å²) in [7, 11) is -2.32. The van der Waals surface area contributed by atoms with Crippen LogP contribution in [0.2, 0.25) is 5.02 Å². The smallest absolute Gasteiger partial charge is 0.253 e. The maximum atomic E-state index is 13.1. The minimum Gasteiger partial charge on any atom is -0.494 e. The molecule has 1 unspecified atom stereocenters. The topological polar surface area (TPSA) is 75.7 Å². The zero-order valence-corrected chi connectivity index (χ0v) is 20.4. The van der Waals surface area contributed by atoms with E-state index in [0.717, 1.165) is 16.9 Å². The van der Waals surface area contributed by atoms with Crippen molar-refractivity contribution >= 4 is 27.5 Å². The SMILES string of the molecule is CCOc1ccc(C(C)NC(=O)c2cc(S(=O)(=O)N(C)Cc3ccccc3)ccc2Cl)cc1. The Morgan fingerprint density at radius 1 is 1.06 bits per heavy atom.